The summed E-state index contributed by atoms with van der Waals surface area (Å²) in [6.45, 7) is 0. The molecule has 0 radical (unpaired) electrons. The molecule has 11 aromatic carbocycles. The van der Waals surface area contributed by atoms with Crippen LogP contribution >= 0.6 is 0 Å². The van der Waals surface area contributed by atoms with Crippen molar-refractivity contribution in [3.63, 3.8) is 0 Å². The lowest BCUT2D eigenvalue weighted by Crippen LogP contribution is -1.94. The average molecular weight is 722 g/mol. The SMILES string of the molecule is c1ccc(-n2c3cc(-c4ccc5c(ccc6ccccc65)c4)ccc3c3ccc(-c4c5ccccc5c(-c5ccc6ccccc6c5)c5ccccc45)cc32)cc1. The molecule has 0 bridgehead atoms. The molecule has 0 amide bonds. The first-order chi connectivity index (χ1) is 28.3. The predicted octanol–water partition coefficient (Wildman–Crippen LogP) is 15.6. The summed E-state index contributed by atoms with van der Waals surface area (Å²) >= 11 is 0. The molecule has 1 heteroatoms. The molecule has 264 valence electrons. The Labute approximate surface area is 330 Å². The van der Waals surface area contributed by atoms with Crippen molar-refractivity contribution in [1.82, 2.24) is 4.57 Å². The van der Waals surface area contributed by atoms with Crippen LogP contribution in [0.4, 0.5) is 0 Å². The van der Waals surface area contributed by atoms with Crippen molar-refractivity contribution in [2.24, 2.45) is 0 Å². The molecular weight excluding hydrogens is 687 g/mol. The first-order valence-electron chi connectivity index (χ1n) is 19.8. The maximum Gasteiger partial charge on any atom is 0.0547 e. The van der Waals surface area contributed by atoms with E-state index in [4.69, 9.17) is 0 Å². The van der Waals surface area contributed by atoms with Gasteiger partial charge in [-0.25, -0.2) is 0 Å². The zero-order valence-corrected chi connectivity index (χ0v) is 31.2. The van der Waals surface area contributed by atoms with Crippen LogP contribution in [-0.2, 0) is 0 Å². The van der Waals surface area contributed by atoms with Crippen LogP contribution in [0.3, 0.4) is 0 Å². The van der Waals surface area contributed by atoms with E-state index in [1.54, 1.807) is 0 Å². The van der Waals surface area contributed by atoms with E-state index in [0.717, 1.165) is 5.69 Å². The molecule has 0 N–H and O–H groups in total. The fraction of sp³-hybridized carbons (Fsp3) is 0. The van der Waals surface area contributed by atoms with Crippen LogP contribution in [0.1, 0.15) is 0 Å². The maximum absolute atomic E-state index is 2.46. The van der Waals surface area contributed by atoms with Crippen molar-refractivity contribution in [2.45, 2.75) is 0 Å². The summed E-state index contributed by atoms with van der Waals surface area (Å²) in [4.78, 5) is 0. The lowest BCUT2D eigenvalue weighted by molar-refractivity contribution is 1.18. The van der Waals surface area contributed by atoms with Gasteiger partial charge in [-0.2, -0.15) is 0 Å². The molecule has 1 heterocycles. The molecule has 12 rings (SSSR count). The molecule has 12 aromatic rings. The van der Waals surface area contributed by atoms with Crippen molar-refractivity contribution in [1.29, 1.82) is 0 Å². The van der Waals surface area contributed by atoms with Crippen LogP contribution in [0.25, 0.3) is 115 Å². The highest BCUT2D eigenvalue weighted by molar-refractivity contribution is 6.22. The topological polar surface area (TPSA) is 4.93 Å². The Morgan fingerprint density at radius 1 is 0.228 bits per heavy atom. The summed E-state index contributed by atoms with van der Waals surface area (Å²) in [7, 11) is 0. The summed E-state index contributed by atoms with van der Waals surface area (Å²) in [5.74, 6) is 0. The molecule has 57 heavy (non-hydrogen) atoms. The van der Waals surface area contributed by atoms with Crippen LogP contribution < -0.4 is 0 Å². The van der Waals surface area contributed by atoms with Crippen LogP contribution in [0, 0.1) is 0 Å². The second-order valence-corrected chi connectivity index (χ2v) is 15.3. The Kier molecular flexibility index (Phi) is 7.00. The second-order valence-electron chi connectivity index (χ2n) is 15.3. The van der Waals surface area contributed by atoms with Gasteiger partial charge in [0.05, 0.1) is 11.0 Å². The van der Waals surface area contributed by atoms with E-state index in [9.17, 15) is 0 Å². The highest BCUT2D eigenvalue weighted by Crippen LogP contribution is 2.46. The van der Waals surface area contributed by atoms with Gasteiger partial charge in [0.25, 0.3) is 0 Å². The molecule has 0 saturated carbocycles. The Morgan fingerprint density at radius 2 is 0.632 bits per heavy atom. The zero-order valence-electron chi connectivity index (χ0n) is 31.2. The van der Waals surface area contributed by atoms with E-state index in [2.05, 4.69) is 217 Å². The number of hydrogen-bond donors (Lipinski definition) is 0. The number of hydrogen-bond acceptors (Lipinski definition) is 0. The first kappa shape index (κ1) is 31.8. The Hall–Kier alpha value is -7.48. The minimum atomic E-state index is 1.15. The second kappa shape index (κ2) is 12.5. The quantitative estimate of drug-likeness (QED) is 0.126. The number of benzene rings is 11. The average Bonchev–Trinajstić information content (AvgIpc) is 3.61. The van der Waals surface area contributed by atoms with Crippen LogP contribution in [0.15, 0.2) is 212 Å². The molecule has 0 aliphatic carbocycles. The van der Waals surface area contributed by atoms with Gasteiger partial charge in [0, 0.05) is 16.5 Å². The van der Waals surface area contributed by atoms with Gasteiger partial charge in [0.1, 0.15) is 0 Å². The normalized spacial score (nSPS) is 11.9. The van der Waals surface area contributed by atoms with E-state index >= 15 is 0 Å². The highest BCUT2D eigenvalue weighted by atomic mass is 15.0. The van der Waals surface area contributed by atoms with Gasteiger partial charge in [-0.3, -0.25) is 0 Å². The molecule has 1 aromatic heterocycles. The summed E-state index contributed by atoms with van der Waals surface area (Å²) in [6, 6.07) is 78.4. The molecule has 0 spiro atoms. The minimum absolute atomic E-state index is 1.15. The van der Waals surface area contributed by atoms with Crippen molar-refractivity contribution >= 4 is 75.7 Å². The van der Waals surface area contributed by atoms with E-state index in [0.29, 0.717) is 0 Å². The largest absolute Gasteiger partial charge is 0.309 e. The summed E-state index contributed by atoms with van der Waals surface area (Å²) < 4.78 is 2.46. The monoisotopic (exact) mass is 721 g/mol. The Balaban J connectivity index is 1.09. The fourth-order valence-corrected chi connectivity index (χ4v) is 9.50. The van der Waals surface area contributed by atoms with Gasteiger partial charge >= 0.3 is 0 Å². The molecule has 0 atom stereocenters. The van der Waals surface area contributed by atoms with Crippen molar-refractivity contribution < 1.29 is 0 Å². The molecular formula is C56H35N. The molecule has 0 unspecified atom stereocenters. The minimum Gasteiger partial charge on any atom is -0.309 e. The molecule has 0 aliphatic heterocycles. The molecule has 0 fully saturated rings. The lowest BCUT2D eigenvalue weighted by Gasteiger charge is -2.18. The smallest absolute Gasteiger partial charge is 0.0547 e. The van der Waals surface area contributed by atoms with Gasteiger partial charge in [-0.1, -0.05) is 176 Å². The standard InChI is InChI=1S/C56H35N/c1-2-15-44(16-3-1)57-53-34-40(39-26-29-46-41(32-39)24-23-37-13-6-7-17-45(37)46)27-30-47(53)48-31-28-43(35-54(48)57)56-51-20-10-8-18-49(51)55(50-19-9-11-21-52(50)56)42-25-22-36-12-4-5-14-38(36)33-42/h1-35H. The fourth-order valence-electron chi connectivity index (χ4n) is 9.50. The van der Waals surface area contributed by atoms with Crippen molar-refractivity contribution in [2.75, 3.05) is 0 Å². The number of nitrogens with zero attached hydrogens (tertiary/aromatic N) is 1. The van der Waals surface area contributed by atoms with E-state index < -0.39 is 0 Å². The number of para-hydroxylation sites is 1. The van der Waals surface area contributed by atoms with Gasteiger partial charge < -0.3 is 4.57 Å². The third-order valence-electron chi connectivity index (χ3n) is 12.1. The number of aromatic nitrogens is 1. The molecule has 0 aliphatic rings. The van der Waals surface area contributed by atoms with E-state index in [1.165, 1.54) is 109 Å². The van der Waals surface area contributed by atoms with Crippen LogP contribution in [-0.4, -0.2) is 4.57 Å². The van der Waals surface area contributed by atoms with Crippen molar-refractivity contribution in [3.8, 4) is 39.1 Å². The first-order valence-corrected chi connectivity index (χ1v) is 19.8. The van der Waals surface area contributed by atoms with E-state index in [-0.39, 0.29) is 0 Å². The summed E-state index contributed by atoms with van der Waals surface area (Å²) in [5, 5.41) is 15.1. The lowest BCUT2D eigenvalue weighted by atomic mass is 9.85. The molecule has 1 nitrogen and oxygen atoms in total. The van der Waals surface area contributed by atoms with Gasteiger partial charge in [-0.05, 0) is 124 Å². The third kappa shape index (κ3) is 4.96. The van der Waals surface area contributed by atoms with Gasteiger partial charge in [0.2, 0.25) is 0 Å². The Bertz CT molecular complexity index is 3510. The zero-order chi connectivity index (χ0) is 37.5. The number of rotatable bonds is 4. The summed E-state index contributed by atoms with van der Waals surface area (Å²) in [5.41, 5.74) is 11.0. The van der Waals surface area contributed by atoms with Crippen molar-refractivity contribution in [3.05, 3.63) is 212 Å². The number of fused-ring (bicyclic) bond motifs is 9. The molecule has 0 saturated heterocycles. The van der Waals surface area contributed by atoms with Gasteiger partial charge in [0.15, 0.2) is 0 Å². The van der Waals surface area contributed by atoms with Crippen LogP contribution in [0.5, 0.6) is 0 Å². The predicted molar refractivity (Wildman–Crippen MR) is 245 cm³/mol. The maximum atomic E-state index is 2.46. The van der Waals surface area contributed by atoms with Crippen LogP contribution in [0.2, 0.25) is 0 Å². The Morgan fingerprint density at radius 3 is 1.30 bits per heavy atom. The summed E-state index contributed by atoms with van der Waals surface area (Å²) in [6.07, 6.45) is 0. The van der Waals surface area contributed by atoms with Gasteiger partial charge in [-0.15, -0.1) is 0 Å². The highest BCUT2D eigenvalue weighted by Gasteiger charge is 2.20. The van der Waals surface area contributed by atoms with E-state index in [1.807, 2.05) is 0 Å². The third-order valence-corrected chi connectivity index (χ3v) is 12.1.